The van der Waals surface area contributed by atoms with Crippen LogP contribution in [-0.2, 0) is 0 Å². The fraction of sp³-hybridized carbons (Fsp3) is 0.424. The van der Waals surface area contributed by atoms with Gasteiger partial charge in [-0.15, -0.1) is 6.42 Å². The van der Waals surface area contributed by atoms with Gasteiger partial charge < -0.3 is 19.5 Å². The van der Waals surface area contributed by atoms with Crippen molar-refractivity contribution in [1.29, 1.82) is 0 Å². The zero-order valence-corrected chi connectivity index (χ0v) is 24.4. The van der Waals surface area contributed by atoms with E-state index in [1.54, 1.807) is 0 Å². The Morgan fingerprint density at radius 1 is 1.07 bits per heavy atom. The average molecular weight is 604 g/mol. The van der Waals surface area contributed by atoms with Gasteiger partial charge in [0.05, 0.1) is 18.2 Å². The first-order chi connectivity index (χ1) is 21.3. The monoisotopic (exact) mass is 603 g/mol. The zero-order valence-electron chi connectivity index (χ0n) is 24.4. The van der Waals surface area contributed by atoms with Crippen molar-refractivity contribution >= 4 is 27.5 Å². The molecule has 2 aromatic heterocycles. The van der Waals surface area contributed by atoms with Crippen LogP contribution >= 0.6 is 0 Å². The van der Waals surface area contributed by atoms with Crippen molar-refractivity contribution in [2.75, 3.05) is 44.8 Å². The van der Waals surface area contributed by atoms with Crippen LogP contribution in [0, 0.1) is 24.0 Å². The van der Waals surface area contributed by atoms with E-state index in [9.17, 15) is 13.9 Å². The number of benzene rings is 2. The number of ether oxygens (including phenoxy) is 2. The number of anilines is 1. The summed E-state index contributed by atoms with van der Waals surface area (Å²) in [7, 11) is 1.42. The number of nitrogens with zero attached hydrogens (tertiary/aromatic N) is 5. The number of aromatic nitrogens is 3. The molecule has 228 valence electrons. The van der Waals surface area contributed by atoms with Crippen molar-refractivity contribution in [2.45, 2.75) is 50.2 Å². The van der Waals surface area contributed by atoms with E-state index in [1.165, 1.54) is 31.4 Å². The van der Waals surface area contributed by atoms with Crippen molar-refractivity contribution in [3.63, 3.8) is 0 Å². The summed E-state index contributed by atoms with van der Waals surface area (Å²) in [5, 5.41) is 11.5. The minimum Gasteiger partial charge on any atom is -0.508 e. The van der Waals surface area contributed by atoms with Gasteiger partial charge in [-0.05, 0) is 62.2 Å². The number of rotatable bonds is 6. The minimum absolute atomic E-state index is 0.0316. The van der Waals surface area contributed by atoms with E-state index in [4.69, 9.17) is 20.9 Å². The Morgan fingerprint density at radius 2 is 1.89 bits per heavy atom. The van der Waals surface area contributed by atoms with Crippen LogP contribution < -0.4 is 14.4 Å². The number of fused-ring (bicyclic) bond motifs is 3. The third-order valence-corrected chi connectivity index (χ3v) is 9.24. The quantitative estimate of drug-likeness (QED) is 0.279. The van der Waals surface area contributed by atoms with Gasteiger partial charge in [0, 0.05) is 37.0 Å². The lowest BCUT2D eigenvalue weighted by atomic mass is 9.95. The molecule has 3 aliphatic heterocycles. The molecule has 0 aliphatic carbocycles. The van der Waals surface area contributed by atoms with Gasteiger partial charge in [-0.1, -0.05) is 12.0 Å². The van der Waals surface area contributed by atoms with Crippen molar-refractivity contribution in [3.8, 4) is 41.2 Å². The maximum Gasteiger partial charge on any atom is 0.319 e. The molecule has 4 aromatic rings. The van der Waals surface area contributed by atoms with Crippen LogP contribution in [0.15, 0.2) is 24.3 Å². The van der Waals surface area contributed by atoms with E-state index in [0.29, 0.717) is 37.3 Å². The first-order valence-electron chi connectivity index (χ1n) is 15.0. The summed E-state index contributed by atoms with van der Waals surface area (Å²) in [5.41, 5.74) is -0.752. The summed E-state index contributed by atoms with van der Waals surface area (Å²) in [6, 6.07) is 5.35. The molecule has 2 aromatic carbocycles. The Hall–Kier alpha value is -4.30. The molecule has 11 heteroatoms. The number of methoxy groups -OCH3 is 1. The second-order valence-electron chi connectivity index (χ2n) is 11.9. The standard InChI is InChI=1S/C33H32F3N5O3/c1-3-22-24(35)9-8-19-14-21(42)15-23(25(19)22)28-27(36)29-26(31(37-28)43-2)30(40-11-5-4-6-12-40)39-32(38-29)44-18-33-10-7-13-41(33)17-20(34)16-33/h1,8-9,14-15,20,42H,4-7,10-13,16-18H2,2H3/t20-,33+/m1/s1. The summed E-state index contributed by atoms with van der Waals surface area (Å²) < 4.78 is 58.0. The van der Waals surface area contributed by atoms with E-state index in [2.05, 4.69) is 20.8 Å². The molecule has 44 heavy (non-hydrogen) atoms. The highest BCUT2D eigenvalue weighted by Gasteiger charge is 2.49. The van der Waals surface area contributed by atoms with Crippen LogP contribution in [0.25, 0.3) is 32.9 Å². The average Bonchev–Trinajstić information content (AvgIpc) is 3.56. The van der Waals surface area contributed by atoms with Gasteiger partial charge in [-0.2, -0.15) is 9.97 Å². The van der Waals surface area contributed by atoms with E-state index in [1.807, 2.05) is 4.90 Å². The number of piperidine rings is 1. The van der Waals surface area contributed by atoms with Crippen LogP contribution in [-0.4, -0.2) is 76.6 Å². The van der Waals surface area contributed by atoms with Crippen LogP contribution in [0.3, 0.4) is 0 Å². The Labute approximate surface area is 252 Å². The largest absolute Gasteiger partial charge is 0.508 e. The third kappa shape index (κ3) is 4.63. The second-order valence-corrected chi connectivity index (χ2v) is 11.9. The highest BCUT2D eigenvalue weighted by atomic mass is 19.1. The predicted octanol–water partition coefficient (Wildman–Crippen LogP) is 5.76. The lowest BCUT2D eigenvalue weighted by Gasteiger charge is -2.31. The van der Waals surface area contributed by atoms with E-state index in [-0.39, 0.29) is 57.4 Å². The second kappa shape index (κ2) is 11.0. The fourth-order valence-corrected chi connectivity index (χ4v) is 7.23. The number of halogens is 3. The Morgan fingerprint density at radius 3 is 2.66 bits per heavy atom. The fourth-order valence-electron chi connectivity index (χ4n) is 7.23. The smallest absolute Gasteiger partial charge is 0.319 e. The van der Waals surface area contributed by atoms with Crippen molar-refractivity contribution in [3.05, 3.63) is 41.5 Å². The molecule has 0 saturated carbocycles. The number of aromatic hydroxyl groups is 1. The molecule has 2 atom stereocenters. The molecular formula is C33H32F3N5O3. The number of phenolic OH excluding ortho intramolecular Hbond substituents is 1. The molecule has 3 saturated heterocycles. The molecule has 3 fully saturated rings. The summed E-state index contributed by atoms with van der Waals surface area (Å²) in [6.07, 6.45) is 9.81. The number of phenols is 1. The van der Waals surface area contributed by atoms with Gasteiger partial charge in [-0.25, -0.2) is 18.2 Å². The summed E-state index contributed by atoms with van der Waals surface area (Å²) in [4.78, 5) is 18.0. The molecule has 0 spiro atoms. The molecule has 8 nitrogen and oxygen atoms in total. The van der Waals surface area contributed by atoms with Crippen molar-refractivity contribution in [1.82, 2.24) is 19.9 Å². The van der Waals surface area contributed by atoms with Gasteiger partial charge in [0.25, 0.3) is 0 Å². The molecule has 0 bridgehead atoms. The Balaban J connectivity index is 1.43. The highest BCUT2D eigenvalue weighted by molar-refractivity contribution is 6.04. The molecule has 0 unspecified atom stereocenters. The first-order valence-corrected chi connectivity index (χ1v) is 15.0. The number of hydrogen-bond acceptors (Lipinski definition) is 8. The number of terminal acetylenes is 1. The maximum atomic E-state index is 16.8. The van der Waals surface area contributed by atoms with Crippen molar-refractivity contribution < 1.29 is 27.8 Å². The van der Waals surface area contributed by atoms with E-state index >= 15 is 4.39 Å². The third-order valence-electron chi connectivity index (χ3n) is 9.24. The molecular weight excluding hydrogens is 571 g/mol. The predicted molar refractivity (Wildman–Crippen MR) is 161 cm³/mol. The molecule has 7 rings (SSSR count). The van der Waals surface area contributed by atoms with Crippen LogP contribution in [0.4, 0.5) is 19.0 Å². The Bertz CT molecular complexity index is 1820. The molecule has 3 aliphatic rings. The van der Waals surface area contributed by atoms with Gasteiger partial charge in [0.15, 0.2) is 5.82 Å². The van der Waals surface area contributed by atoms with Gasteiger partial charge >= 0.3 is 6.01 Å². The normalized spacial score (nSPS) is 22.0. The van der Waals surface area contributed by atoms with Gasteiger partial charge in [-0.3, -0.25) is 4.90 Å². The molecule has 1 N–H and O–H groups in total. The van der Waals surface area contributed by atoms with Crippen LogP contribution in [0.1, 0.15) is 44.1 Å². The van der Waals surface area contributed by atoms with E-state index < -0.39 is 23.3 Å². The zero-order chi connectivity index (χ0) is 30.6. The number of pyridine rings is 1. The summed E-state index contributed by atoms with van der Waals surface area (Å²) >= 11 is 0. The summed E-state index contributed by atoms with van der Waals surface area (Å²) in [6.45, 7) is 2.75. The number of alkyl halides is 1. The van der Waals surface area contributed by atoms with Crippen LogP contribution in [0.2, 0.25) is 0 Å². The van der Waals surface area contributed by atoms with Crippen molar-refractivity contribution in [2.24, 2.45) is 0 Å². The molecule has 5 heterocycles. The lowest BCUT2D eigenvalue weighted by Crippen LogP contribution is -2.43. The minimum atomic E-state index is -0.925. The van der Waals surface area contributed by atoms with Crippen LogP contribution in [0.5, 0.6) is 17.6 Å². The topological polar surface area (TPSA) is 83.8 Å². The first kappa shape index (κ1) is 28.5. The SMILES string of the molecule is C#Cc1c(F)ccc2cc(O)cc(-c3nc(OC)c4c(N5CCCCC5)nc(OC[C@@]56CCCN5C[C@H](F)C6)nc4c3F)c12. The van der Waals surface area contributed by atoms with Gasteiger partial charge in [0.2, 0.25) is 5.88 Å². The van der Waals surface area contributed by atoms with E-state index in [0.717, 1.165) is 38.6 Å². The molecule has 0 radical (unpaired) electrons. The maximum absolute atomic E-state index is 16.8. The Kier molecular flexibility index (Phi) is 7.12. The highest BCUT2D eigenvalue weighted by Crippen LogP contribution is 2.43. The lowest BCUT2D eigenvalue weighted by molar-refractivity contribution is 0.107. The number of hydrogen-bond donors (Lipinski definition) is 1. The van der Waals surface area contributed by atoms with Gasteiger partial charge in [0.1, 0.15) is 46.8 Å². The summed E-state index contributed by atoms with van der Waals surface area (Å²) in [5.74, 6) is 1.20. The molecule has 0 amide bonds.